The Morgan fingerprint density at radius 1 is 1.09 bits per heavy atom. The highest BCUT2D eigenvalue weighted by Crippen LogP contribution is 2.28. The fraction of sp³-hybridized carbons (Fsp3) is 0.118. The Morgan fingerprint density at radius 3 is 2.48 bits per heavy atom. The normalized spacial score (nSPS) is 13.0. The molecule has 3 rings (SSSR count). The van der Waals surface area contributed by atoms with Crippen LogP contribution in [-0.2, 0) is 9.53 Å². The number of ketones is 1. The van der Waals surface area contributed by atoms with Gasteiger partial charge in [-0.25, -0.2) is 4.79 Å². The van der Waals surface area contributed by atoms with Crippen LogP contribution in [0.5, 0.6) is 0 Å². The lowest BCUT2D eigenvalue weighted by molar-refractivity contribution is -0.114. The van der Waals surface area contributed by atoms with Gasteiger partial charge in [0.25, 0.3) is 5.78 Å². The number of hydrogen-bond donors (Lipinski definition) is 1. The molecular formula is C17H14N2O4. The molecule has 1 heterocycles. The van der Waals surface area contributed by atoms with Gasteiger partial charge >= 0.3 is 11.9 Å². The van der Waals surface area contributed by atoms with Crippen LogP contribution in [-0.4, -0.2) is 31.4 Å². The first kappa shape index (κ1) is 14.8. The number of anilines is 2. The van der Waals surface area contributed by atoms with E-state index in [1.54, 1.807) is 48.5 Å². The van der Waals surface area contributed by atoms with Gasteiger partial charge in [-0.15, -0.1) is 0 Å². The maximum Gasteiger partial charge on any atom is 0.337 e. The monoisotopic (exact) mass is 310 g/mol. The van der Waals surface area contributed by atoms with Crippen LogP contribution >= 0.6 is 0 Å². The molecule has 0 fully saturated rings. The number of benzene rings is 2. The number of ether oxygens (including phenoxy) is 1. The SMILES string of the molecule is COC(=O)c1ccc(NCN2C(=O)C(=O)c3ccccc32)cc1. The van der Waals surface area contributed by atoms with Gasteiger partial charge in [0.1, 0.15) is 0 Å². The van der Waals surface area contributed by atoms with E-state index in [-0.39, 0.29) is 6.67 Å². The van der Waals surface area contributed by atoms with E-state index in [1.165, 1.54) is 12.0 Å². The zero-order valence-electron chi connectivity index (χ0n) is 12.4. The van der Waals surface area contributed by atoms with Gasteiger partial charge in [-0.1, -0.05) is 12.1 Å². The molecule has 2 aromatic carbocycles. The molecule has 1 aliphatic heterocycles. The molecule has 0 aromatic heterocycles. The maximum absolute atomic E-state index is 12.0. The van der Waals surface area contributed by atoms with Crippen molar-refractivity contribution in [1.29, 1.82) is 0 Å². The molecule has 0 aliphatic carbocycles. The Labute approximate surface area is 132 Å². The number of carbonyl (C=O) groups excluding carboxylic acids is 3. The Kier molecular flexibility index (Phi) is 3.80. The molecule has 0 saturated heterocycles. The smallest absolute Gasteiger partial charge is 0.337 e. The van der Waals surface area contributed by atoms with Crippen LogP contribution in [0, 0.1) is 0 Å². The Hall–Kier alpha value is -3.15. The molecular weight excluding hydrogens is 296 g/mol. The van der Waals surface area contributed by atoms with Gasteiger partial charge in [-0.2, -0.15) is 0 Å². The number of nitrogens with one attached hydrogen (secondary N) is 1. The molecule has 23 heavy (non-hydrogen) atoms. The van der Waals surface area contributed by atoms with Crippen molar-refractivity contribution in [2.24, 2.45) is 0 Å². The van der Waals surface area contributed by atoms with E-state index < -0.39 is 17.7 Å². The Morgan fingerprint density at radius 2 is 1.78 bits per heavy atom. The van der Waals surface area contributed by atoms with Crippen molar-refractivity contribution in [3.05, 3.63) is 59.7 Å². The fourth-order valence-corrected chi connectivity index (χ4v) is 2.42. The van der Waals surface area contributed by atoms with E-state index in [2.05, 4.69) is 10.1 Å². The molecule has 2 aromatic rings. The average Bonchev–Trinajstić information content (AvgIpc) is 2.84. The van der Waals surface area contributed by atoms with Crippen LogP contribution in [0.15, 0.2) is 48.5 Å². The third-order valence-electron chi connectivity index (χ3n) is 3.63. The zero-order chi connectivity index (χ0) is 16.4. The highest BCUT2D eigenvalue weighted by molar-refractivity contribution is 6.52. The zero-order valence-corrected chi connectivity index (χ0v) is 12.4. The molecule has 1 amide bonds. The van der Waals surface area contributed by atoms with Crippen molar-refractivity contribution in [2.45, 2.75) is 0 Å². The average molecular weight is 310 g/mol. The number of hydrogen-bond acceptors (Lipinski definition) is 5. The van der Waals surface area contributed by atoms with Crippen LogP contribution in [0.3, 0.4) is 0 Å². The summed E-state index contributed by atoms with van der Waals surface area (Å²) in [7, 11) is 1.32. The van der Waals surface area contributed by atoms with Gasteiger partial charge in [0.05, 0.1) is 30.6 Å². The Bertz CT molecular complexity index is 783. The van der Waals surface area contributed by atoms with Crippen molar-refractivity contribution in [3.63, 3.8) is 0 Å². The lowest BCUT2D eigenvalue weighted by Gasteiger charge is -2.18. The molecule has 0 radical (unpaired) electrons. The minimum absolute atomic E-state index is 0.166. The third-order valence-corrected chi connectivity index (χ3v) is 3.63. The summed E-state index contributed by atoms with van der Waals surface area (Å²) in [5.74, 6) is -1.46. The molecule has 1 N–H and O–H groups in total. The minimum atomic E-state index is -0.551. The number of rotatable bonds is 4. The number of esters is 1. The summed E-state index contributed by atoms with van der Waals surface area (Å²) < 4.78 is 4.63. The number of para-hydroxylation sites is 1. The Balaban J connectivity index is 1.73. The van der Waals surface area contributed by atoms with Gasteiger partial charge < -0.3 is 10.1 Å². The lowest BCUT2D eigenvalue weighted by atomic mass is 10.1. The van der Waals surface area contributed by atoms with Crippen LogP contribution in [0.2, 0.25) is 0 Å². The predicted octanol–water partition coefficient (Wildman–Crippen LogP) is 2.07. The van der Waals surface area contributed by atoms with E-state index in [9.17, 15) is 14.4 Å². The summed E-state index contributed by atoms with van der Waals surface area (Å²) in [6.45, 7) is 0.166. The van der Waals surface area contributed by atoms with Crippen molar-refractivity contribution in [1.82, 2.24) is 0 Å². The number of nitrogens with zero attached hydrogens (tertiary/aromatic N) is 1. The second-order valence-electron chi connectivity index (χ2n) is 4.98. The topological polar surface area (TPSA) is 75.7 Å². The van der Waals surface area contributed by atoms with Gasteiger partial charge in [0.2, 0.25) is 0 Å². The van der Waals surface area contributed by atoms with E-state index >= 15 is 0 Å². The first-order chi connectivity index (χ1) is 11.1. The first-order valence-corrected chi connectivity index (χ1v) is 6.99. The highest BCUT2D eigenvalue weighted by atomic mass is 16.5. The number of amides is 1. The molecule has 6 heteroatoms. The highest BCUT2D eigenvalue weighted by Gasteiger charge is 2.35. The molecule has 0 unspecified atom stereocenters. The summed E-state index contributed by atoms with van der Waals surface area (Å²) in [4.78, 5) is 36.7. The van der Waals surface area contributed by atoms with Gasteiger partial charge in [0.15, 0.2) is 0 Å². The molecule has 0 atom stereocenters. The summed E-state index contributed by atoms with van der Waals surface area (Å²) in [6, 6.07) is 13.6. The van der Waals surface area contributed by atoms with E-state index in [4.69, 9.17) is 0 Å². The van der Waals surface area contributed by atoms with Crippen LogP contribution < -0.4 is 10.2 Å². The molecule has 116 valence electrons. The largest absolute Gasteiger partial charge is 0.465 e. The van der Waals surface area contributed by atoms with E-state index in [0.717, 1.165) is 5.69 Å². The number of methoxy groups -OCH3 is 1. The van der Waals surface area contributed by atoms with Crippen molar-refractivity contribution >= 4 is 29.0 Å². The van der Waals surface area contributed by atoms with Crippen LogP contribution in [0.1, 0.15) is 20.7 Å². The summed E-state index contributed by atoms with van der Waals surface area (Å²) >= 11 is 0. The molecule has 6 nitrogen and oxygen atoms in total. The predicted molar refractivity (Wildman–Crippen MR) is 84.5 cm³/mol. The summed E-state index contributed by atoms with van der Waals surface area (Å²) in [5.41, 5.74) is 2.18. The van der Waals surface area contributed by atoms with Crippen molar-refractivity contribution in [2.75, 3.05) is 24.0 Å². The van der Waals surface area contributed by atoms with Crippen molar-refractivity contribution < 1.29 is 19.1 Å². The molecule has 0 spiro atoms. The number of Topliss-reactive ketones (excluding diaryl/α,β-unsaturated/α-hetero) is 1. The van der Waals surface area contributed by atoms with Crippen LogP contribution in [0.4, 0.5) is 11.4 Å². The van der Waals surface area contributed by atoms with Crippen LogP contribution in [0.25, 0.3) is 0 Å². The lowest BCUT2D eigenvalue weighted by Crippen LogP contribution is -2.34. The van der Waals surface area contributed by atoms with Gasteiger partial charge in [-0.3, -0.25) is 14.5 Å². The molecule has 0 saturated carbocycles. The molecule has 0 bridgehead atoms. The number of carbonyl (C=O) groups is 3. The first-order valence-electron chi connectivity index (χ1n) is 6.99. The van der Waals surface area contributed by atoms with E-state index in [1.807, 2.05) is 0 Å². The second kappa shape index (κ2) is 5.92. The summed E-state index contributed by atoms with van der Waals surface area (Å²) in [5, 5.41) is 3.06. The standard InChI is InChI=1S/C17H14N2O4/c1-23-17(22)11-6-8-12(9-7-11)18-10-19-14-5-3-2-4-13(14)15(20)16(19)21/h2-9,18H,10H2,1H3. The van der Waals surface area contributed by atoms with Gasteiger partial charge in [0, 0.05) is 5.69 Å². The molecule has 1 aliphatic rings. The van der Waals surface area contributed by atoms with Crippen molar-refractivity contribution in [3.8, 4) is 0 Å². The summed E-state index contributed by atoms with van der Waals surface area (Å²) in [6.07, 6.45) is 0. The quantitative estimate of drug-likeness (QED) is 0.691. The third kappa shape index (κ3) is 2.66. The number of fused-ring (bicyclic) bond motifs is 1. The maximum atomic E-state index is 12.0. The minimum Gasteiger partial charge on any atom is -0.465 e. The van der Waals surface area contributed by atoms with Gasteiger partial charge in [-0.05, 0) is 36.4 Å². The van der Waals surface area contributed by atoms with E-state index in [0.29, 0.717) is 16.8 Å². The second-order valence-corrected chi connectivity index (χ2v) is 4.98. The fourth-order valence-electron chi connectivity index (χ4n) is 2.42.